The van der Waals surface area contributed by atoms with Crippen molar-refractivity contribution in [3.05, 3.63) is 34.9 Å². The molecule has 2 unspecified atom stereocenters. The largest absolute Gasteiger partial charge is 0.481 e. The van der Waals surface area contributed by atoms with Crippen LogP contribution >= 0.6 is 0 Å². The lowest BCUT2D eigenvalue weighted by Crippen LogP contribution is -2.27. The molecule has 1 aromatic rings. The number of hydrogen-bond acceptors (Lipinski definition) is 2. The molecule has 1 heterocycles. The molecule has 0 saturated carbocycles. The summed E-state index contributed by atoms with van der Waals surface area (Å²) in [7, 11) is 1.67. The molecule has 18 heavy (non-hydrogen) atoms. The van der Waals surface area contributed by atoms with Crippen molar-refractivity contribution in [1.82, 2.24) is 4.90 Å². The third kappa shape index (κ3) is 2.10. The van der Waals surface area contributed by atoms with Gasteiger partial charge in [-0.05, 0) is 19.4 Å². The minimum atomic E-state index is -0.906. The molecule has 0 radical (unpaired) electrons. The highest BCUT2D eigenvalue weighted by Gasteiger charge is 2.42. The molecule has 4 nitrogen and oxygen atoms in total. The summed E-state index contributed by atoms with van der Waals surface area (Å²) in [4.78, 5) is 24.5. The first-order valence-electron chi connectivity index (χ1n) is 5.97. The van der Waals surface area contributed by atoms with Crippen molar-refractivity contribution in [1.29, 1.82) is 0 Å². The summed E-state index contributed by atoms with van der Waals surface area (Å²) in [6.07, 6.45) is 0.0868. The number of amides is 1. The van der Waals surface area contributed by atoms with Crippen LogP contribution in [0.1, 0.15) is 29.2 Å². The molecule has 1 saturated heterocycles. The number of hydrogen-bond donors (Lipinski definition) is 1. The zero-order valence-corrected chi connectivity index (χ0v) is 10.8. The molecule has 2 rings (SSSR count). The second-order valence-electron chi connectivity index (χ2n) is 5.02. The Bertz CT molecular complexity index is 490. The lowest BCUT2D eigenvalue weighted by atomic mass is 9.92. The fourth-order valence-electron chi connectivity index (χ4n) is 2.73. The third-order valence-electron chi connectivity index (χ3n) is 3.49. The molecule has 1 N–H and O–H groups in total. The predicted octanol–water partition coefficient (Wildman–Crippen LogP) is 1.91. The summed E-state index contributed by atoms with van der Waals surface area (Å²) in [5.41, 5.74) is 3.08. The molecule has 1 fully saturated rings. The molecule has 1 aliphatic rings. The van der Waals surface area contributed by atoms with Crippen molar-refractivity contribution >= 4 is 11.9 Å². The summed E-state index contributed by atoms with van der Waals surface area (Å²) in [6.45, 7) is 3.95. The third-order valence-corrected chi connectivity index (χ3v) is 3.49. The van der Waals surface area contributed by atoms with Crippen LogP contribution in [0.5, 0.6) is 0 Å². The first-order valence-corrected chi connectivity index (χ1v) is 5.97. The molecule has 1 aliphatic heterocycles. The van der Waals surface area contributed by atoms with E-state index in [0.29, 0.717) is 0 Å². The van der Waals surface area contributed by atoms with Crippen LogP contribution in [0.2, 0.25) is 0 Å². The van der Waals surface area contributed by atoms with Crippen LogP contribution in [0.25, 0.3) is 0 Å². The Hall–Kier alpha value is -1.84. The van der Waals surface area contributed by atoms with Crippen LogP contribution < -0.4 is 0 Å². The van der Waals surface area contributed by atoms with Crippen molar-refractivity contribution in [2.24, 2.45) is 5.92 Å². The second-order valence-corrected chi connectivity index (χ2v) is 5.02. The maximum Gasteiger partial charge on any atom is 0.309 e. The fourth-order valence-corrected chi connectivity index (χ4v) is 2.73. The molecule has 1 amide bonds. The van der Waals surface area contributed by atoms with Gasteiger partial charge in [-0.3, -0.25) is 9.59 Å². The van der Waals surface area contributed by atoms with E-state index in [4.69, 9.17) is 0 Å². The number of carbonyl (C=O) groups is 2. The average molecular weight is 247 g/mol. The van der Waals surface area contributed by atoms with Crippen LogP contribution in [0.15, 0.2) is 18.2 Å². The number of rotatable bonds is 2. The van der Waals surface area contributed by atoms with Gasteiger partial charge < -0.3 is 10.0 Å². The number of carbonyl (C=O) groups excluding carboxylic acids is 1. The summed E-state index contributed by atoms with van der Waals surface area (Å²) < 4.78 is 0. The average Bonchev–Trinajstić information content (AvgIpc) is 2.54. The molecular formula is C14H17NO3. The van der Waals surface area contributed by atoms with Gasteiger partial charge in [0, 0.05) is 13.5 Å². The monoisotopic (exact) mass is 247 g/mol. The van der Waals surface area contributed by atoms with Gasteiger partial charge in [-0.1, -0.05) is 29.3 Å². The first kappa shape index (κ1) is 12.6. The standard InChI is InChI=1S/C14H17NO3/c1-8-4-9(2)6-10(5-8)13-11(14(17)18)7-12(16)15(13)3/h4-6,11,13H,7H2,1-3H3,(H,17,18). The van der Waals surface area contributed by atoms with Gasteiger partial charge in [-0.15, -0.1) is 0 Å². The summed E-state index contributed by atoms with van der Waals surface area (Å²) in [6, 6.07) is 5.61. The molecule has 4 heteroatoms. The summed E-state index contributed by atoms with van der Waals surface area (Å²) >= 11 is 0. The van der Waals surface area contributed by atoms with Gasteiger partial charge in [0.2, 0.25) is 5.91 Å². The minimum absolute atomic E-state index is 0.0868. The lowest BCUT2D eigenvalue weighted by Gasteiger charge is -2.24. The maximum atomic E-state index is 11.7. The van der Waals surface area contributed by atoms with Gasteiger partial charge in [0.05, 0.1) is 12.0 Å². The van der Waals surface area contributed by atoms with Gasteiger partial charge in [-0.2, -0.15) is 0 Å². The molecule has 96 valence electrons. The van der Waals surface area contributed by atoms with Gasteiger partial charge in [-0.25, -0.2) is 0 Å². The molecule has 1 aromatic carbocycles. The number of aliphatic carboxylic acids is 1. The number of aryl methyl sites for hydroxylation is 2. The van der Waals surface area contributed by atoms with Crippen LogP contribution in [0.4, 0.5) is 0 Å². The highest BCUT2D eigenvalue weighted by Crippen LogP contribution is 2.37. The van der Waals surface area contributed by atoms with Crippen molar-refractivity contribution in [3.8, 4) is 0 Å². The Balaban J connectivity index is 2.45. The smallest absolute Gasteiger partial charge is 0.309 e. The molecule has 0 aliphatic carbocycles. The lowest BCUT2D eigenvalue weighted by molar-refractivity contribution is -0.142. The van der Waals surface area contributed by atoms with Crippen molar-refractivity contribution in [2.45, 2.75) is 26.3 Å². The normalized spacial score (nSPS) is 23.5. The molecular weight excluding hydrogens is 230 g/mol. The van der Waals surface area contributed by atoms with Gasteiger partial charge in [0.15, 0.2) is 0 Å². The number of likely N-dealkylation sites (tertiary alicyclic amines) is 1. The van der Waals surface area contributed by atoms with E-state index in [2.05, 4.69) is 0 Å². The summed E-state index contributed by atoms with van der Waals surface area (Å²) in [5.74, 6) is -1.66. The van der Waals surface area contributed by atoms with Crippen LogP contribution in [0.3, 0.4) is 0 Å². The van der Waals surface area contributed by atoms with Crippen LogP contribution in [0, 0.1) is 19.8 Å². The fraction of sp³-hybridized carbons (Fsp3) is 0.429. The van der Waals surface area contributed by atoms with E-state index in [0.717, 1.165) is 16.7 Å². The molecule has 2 atom stereocenters. The van der Waals surface area contributed by atoms with Gasteiger partial charge >= 0.3 is 5.97 Å². The first-order chi connectivity index (χ1) is 8.40. The van der Waals surface area contributed by atoms with E-state index in [1.54, 1.807) is 11.9 Å². The Morgan fingerprint density at radius 3 is 2.33 bits per heavy atom. The van der Waals surface area contributed by atoms with Crippen molar-refractivity contribution < 1.29 is 14.7 Å². The predicted molar refractivity (Wildman–Crippen MR) is 67.2 cm³/mol. The van der Waals surface area contributed by atoms with E-state index in [9.17, 15) is 14.7 Å². The number of nitrogens with zero attached hydrogens (tertiary/aromatic N) is 1. The van der Waals surface area contributed by atoms with Crippen molar-refractivity contribution in [2.75, 3.05) is 7.05 Å². The maximum absolute atomic E-state index is 11.7. The zero-order valence-electron chi connectivity index (χ0n) is 10.8. The Labute approximate surface area is 106 Å². The Morgan fingerprint density at radius 2 is 1.83 bits per heavy atom. The summed E-state index contributed by atoms with van der Waals surface area (Å²) in [5, 5.41) is 9.24. The number of carboxylic acids is 1. The molecule has 0 spiro atoms. The van der Waals surface area contributed by atoms with Crippen LogP contribution in [-0.2, 0) is 9.59 Å². The molecule has 0 bridgehead atoms. The number of carboxylic acid groups (broad SMARTS) is 1. The highest BCUT2D eigenvalue weighted by molar-refractivity contribution is 5.87. The van der Waals surface area contributed by atoms with Gasteiger partial charge in [0.1, 0.15) is 0 Å². The topological polar surface area (TPSA) is 57.6 Å². The zero-order chi connectivity index (χ0) is 13.4. The SMILES string of the molecule is Cc1cc(C)cc(C2C(C(=O)O)CC(=O)N2C)c1. The highest BCUT2D eigenvalue weighted by atomic mass is 16.4. The Kier molecular flexibility index (Phi) is 3.11. The minimum Gasteiger partial charge on any atom is -0.481 e. The van der Waals surface area contributed by atoms with Crippen molar-refractivity contribution in [3.63, 3.8) is 0 Å². The van der Waals surface area contributed by atoms with E-state index in [1.807, 2.05) is 32.0 Å². The van der Waals surface area contributed by atoms with E-state index in [-0.39, 0.29) is 18.4 Å². The van der Waals surface area contributed by atoms with Crippen LogP contribution in [-0.4, -0.2) is 28.9 Å². The van der Waals surface area contributed by atoms with E-state index in [1.165, 1.54) is 0 Å². The molecule has 0 aromatic heterocycles. The van der Waals surface area contributed by atoms with Gasteiger partial charge in [0.25, 0.3) is 0 Å². The van der Waals surface area contributed by atoms with E-state index < -0.39 is 11.9 Å². The quantitative estimate of drug-likeness (QED) is 0.868. The second kappa shape index (κ2) is 4.44. The van der Waals surface area contributed by atoms with E-state index >= 15 is 0 Å². The Morgan fingerprint density at radius 1 is 1.28 bits per heavy atom. The number of benzene rings is 1.